The normalized spacial score (nSPS) is 30.1. The van der Waals surface area contributed by atoms with Crippen molar-refractivity contribution in [1.82, 2.24) is 4.90 Å². The third-order valence-electron chi connectivity index (χ3n) is 2.44. The summed E-state index contributed by atoms with van der Waals surface area (Å²) in [5.74, 6) is -0.389. The number of amides is 2. The topological polar surface area (TPSA) is 65.0 Å². The van der Waals surface area contributed by atoms with Gasteiger partial charge < -0.3 is 5.73 Å². The second-order valence-electron chi connectivity index (χ2n) is 3.26. The van der Waals surface area contributed by atoms with Crippen LogP contribution in [0, 0.1) is 11.8 Å². The SMILES string of the molecule is CC1C(=O)N(CC[NH3+])C(=O)[C@H]1C. The van der Waals surface area contributed by atoms with E-state index in [-0.39, 0.29) is 23.7 Å². The van der Waals surface area contributed by atoms with Crippen molar-refractivity contribution in [2.75, 3.05) is 13.1 Å². The Bertz CT molecular complexity index is 195. The van der Waals surface area contributed by atoms with Gasteiger partial charge >= 0.3 is 0 Å². The molecular weight excluding hydrogens is 156 g/mol. The molecule has 0 aromatic rings. The fourth-order valence-electron chi connectivity index (χ4n) is 1.41. The van der Waals surface area contributed by atoms with Crippen molar-refractivity contribution >= 4 is 11.8 Å². The van der Waals surface area contributed by atoms with Gasteiger partial charge in [0.25, 0.3) is 0 Å². The van der Waals surface area contributed by atoms with Crippen LogP contribution in [0.1, 0.15) is 13.8 Å². The molecular formula is C8H15N2O2+. The maximum Gasteiger partial charge on any atom is 0.233 e. The number of rotatable bonds is 2. The van der Waals surface area contributed by atoms with E-state index >= 15 is 0 Å². The number of likely N-dealkylation sites (tertiary alicyclic amines) is 1. The van der Waals surface area contributed by atoms with Gasteiger partial charge in [-0.2, -0.15) is 0 Å². The Kier molecular flexibility index (Phi) is 2.47. The standard InChI is InChI=1S/C8H14N2O2/c1-5-6(2)8(12)10(4-3-9)7(5)11/h5-6H,3-4,9H2,1-2H3/p+1/t5-,6?/m0/s1. The molecule has 12 heavy (non-hydrogen) atoms. The molecule has 1 fully saturated rings. The number of carbonyl (C=O) groups excluding carboxylic acids is 2. The Hall–Kier alpha value is -0.900. The summed E-state index contributed by atoms with van der Waals surface area (Å²) in [7, 11) is 0. The molecule has 1 aliphatic rings. The molecule has 0 saturated carbocycles. The van der Waals surface area contributed by atoms with Gasteiger partial charge in [0.15, 0.2) is 0 Å². The van der Waals surface area contributed by atoms with E-state index in [4.69, 9.17) is 0 Å². The van der Waals surface area contributed by atoms with Crippen LogP contribution in [0.3, 0.4) is 0 Å². The third kappa shape index (κ3) is 1.22. The Morgan fingerprint density at radius 1 is 1.25 bits per heavy atom. The van der Waals surface area contributed by atoms with Gasteiger partial charge in [0.05, 0.1) is 13.1 Å². The van der Waals surface area contributed by atoms with E-state index in [2.05, 4.69) is 5.73 Å². The Morgan fingerprint density at radius 2 is 1.67 bits per heavy atom. The van der Waals surface area contributed by atoms with Crippen LogP contribution in [0.5, 0.6) is 0 Å². The first kappa shape index (κ1) is 9.19. The molecule has 0 aromatic heterocycles. The molecule has 1 rings (SSSR count). The Balaban J connectivity index is 2.76. The molecule has 4 nitrogen and oxygen atoms in total. The zero-order chi connectivity index (χ0) is 9.30. The van der Waals surface area contributed by atoms with Crippen molar-refractivity contribution in [2.24, 2.45) is 11.8 Å². The summed E-state index contributed by atoms with van der Waals surface area (Å²) >= 11 is 0. The number of carbonyl (C=O) groups is 2. The van der Waals surface area contributed by atoms with E-state index in [1.54, 1.807) is 13.8 Å². The minimum Gasteiger partial charge on any atom is -0.356 e. The number of imide groups is 1. The molecule has 0 aromatic carbocycles. The Morgan fingerprint density at radius 3 is 2.00 bits per heavy atom. The van der Waals surface area contributed by atoms with Crippen LogP contribution in [0.2, 0.25) is 0 Å². The summed E-state index contributed by atoms with van der Waals surface area (Å²) in [5, 5.41) is 0. The van der Waals surface area contributed by atoms with Gasteiger partial charge in [0.1, 0.15) is 0 Å². The molecule has 2 amide bonds. The van der Waals surface area contributed by atoms with Gasteiger partial charge in [-0.3, -0.25) is 14.5 Å². The average Bonchev–Trinajstić information content (AvgIpc) is 2.23. The zero-order valence-corrected chi connectivity index (χ0v) is 7.54. The number of hydrogen-bond acceptors (Lipinski definition) is 2. The molecule has 0 bridgehead atoms. The molecule has 0 aliphatic carbocycles. The highest BCUT2D eigenvalue weighted by molar-refractivity contribution is 6.04. The fourth-order valence-corrected chi connectivity index (χ4v) is 1.41. The highest BCUT2D eigenvalue weighted by Crippen LogP contribution is 2.24. The molecule has 68 valence electrons. The summed E-state index contributed by atoms with van der Waals surface area (Å²) < 4.78 is 0. The van der Waals surface area contributed by atoms with Gasteiger partial charge in [-0.05, 0) is 0 Å². The van der Waals surface area contributed by atoms with Gasteiger partial charge in [0.2, 0.25) is 11.8 Å². The second-order valence-corrected chi connectivity index (χ2v) is 3.26. The zero-order valence-electron chi connectivity index (χ0n) is 7.54. The number of hydrogen-bond donors (Lipinski definition) is 1. The fraction of sp³-hybridized carbons (Fsp3) is 0.750. The molecule has 1 saturated heterocycles. The monoisotopic (exact) mass is 171 g/mol. The maximum absolute atomic E-state index is 11.4. The molecule has 1 heterocycles. The van der Waals surface area contributed by atoms with Crippen molar-refractivity contribution in [1.29, 1.82) is 0 Å². The van der Waals surface area contributed by atoms with Crippen LogP contribution in [-0.2, 0) is 9.59 Å². The van der Waals surface area contributed by atoms with Gasteiger partial charge in [-0.25, -0.2) is 0 Å². The molecule has 0 radical (unpaired) electrons. The number of quaternary nitrogens is 1. The first-order valence-corrected chi connectivity index (χ1v) is 4.24. The maximum atomic E-state index is 11.4. The largest absolute Gasteiger partial charge is 0.356 e. The highest BCUT2D eigenvalue weighted by atomic mass is 16.2. The lowest BCUT2D eigenvalue weighted by Gasteiger charge is -2.10. The highest BCUT2D eigenvalue weighted by Gasteiger charge is 2.41. The van der Waals surface area contributed by atoms with Crippen molar-refractivity contribution in [3.63, 3.8) is 0 Å². The minimum atomic E-state index is -0.149. The first-order valence-electron chi connectivity index (χ1n) is 4.24. The lowest BCUT2D eigenvalue weighted by molar-refractivity contribution is -0.367. The van der Waals surface area contributed by atoms with Crippen molar-refractivity contribution in [3.05, 3.63) is 0 Å². The van der Waals surface area contributed by atoms with E-state index < -0.39 is 0 Å². The minimum absolute atomic E-state index is 0.0452. The van der Waals surface area contributed by atoms with Crippen LogP contribution in [-0.4, -0.2) is 29.8 Å². The van der Waals surface area contributed by atoms with Crippen LogP contribution in [0.4, 0.5) is 0 Å². The summed E-state index contributed by atoms with van der Waals surface area (Å²) in [6, 6.07) is 0. The molecule has 1 unspecified atom stereocenters. The van der Waals surface area contributed by atoms with Crippen molar-refractivity contribution < 1.29 is 15.3 Å². The molecule has 3 N–H and O–H groups in total. The predicted molar refractivity (Wildman–Crippen MR) is 42.8 cm³/mol. The lowest BCUT2D eigenvalue weighted by Crippen LogP contribution is -2.55. The van der Waals surface area contributed by atoms with Crippen LogP contribution < -0.4 is 5.73 Å². The predicted octanol–water partition coefficient (Wildman–Crippen LogP) is -1.13. The third-order valence-corrected chi connectivity index (χ3v) is 2.44. The van der Waals surface area contributed by atoms with Gasteiger partial charge in [-0.1, -0.05) is 13.8 Å². The molecule has 1 aliphatic heterocycles. The Labute approximate surface area is 71.7 Å². The first-order chi connectivity index (χ1) is 5.59. The summed E-state index contributed by atoms with van der Waals surface area (Å²) in [4.78, 5) is 24.1. The molecule has 2 atom stereocenters. The summed E-state index contributed by atoms with van der Waals surface area (Å²) in [6.45, 7) is 4.66. The van der Waals surface area contributed by atoms with Gasteiger partial charge in [-0.15, -0.1) is 0 Å². The van der Waals surface area contributed by atoms with E-state index in [1.165, 1.54) is 4.90 Å². The smallest absolute Gasteiger partial charge is 0.233 e. The summed E-state index contributed by atoms with van der Waals surface area (Å²) in [5.41, 5.74) is 3.62. The number of nitrogens with zero attached hydrogens (tertiary/aromatic N) is 1. The quantitative estimate of drug-likeness (QED) is 0.534. The van der Waals surface area contributed by atoms with E-state index in [9.17, 15) is 9.59 Å². The van der Waals surface area contributed by atoms with E-state index in [1.807, 2.05) is 0 Å². The van der Waals surface area contributed by atoms with Crippen LogP contribution in [0.15, 0.2) is 0 Å². The van der Waals surface area contributed by atoms with E-state index in [0.29, 0.717) is 13.1 Å². The molecule has 0 spiro atoms. The summed E-state index contributed by atoms with van der Waals surface area (Å²) in [6.07, 6.45) is 0. The molecule has 4 heteroatoms. The van der Waals surface area contributed by atoms with E-state index in [0.717, 1.165) is 0 Å². The van der Waals surface area contributed by atoms with Crippen molar-refractivity contribution in [3.8, 4) is 0 Å². The average molecular weight is 171 g/mol. The van der Waals surface area contributed by atoms with Crippen molar-refractivity contribution in [2.45, 2.75) is 13.8 Å². The lowest BCUT2D eigenvalue weighted by atomic mass is 10.00. The van der Waals surface area contributed by atoms with Crippen LogP contribution in [0.25, 0.3) is 0 Å². The van der Waals surface area contributed by atoms with Gasteiger partial charge in [0, 0.05) is 11.8 Å². The van der Waals surface area contributed by atoms with Crippen LogP contribution >= 0.6 is 0 Å². The second kappa shape index (κ2) is 3.23.